The average Bonchev–Trinajstić information content (AvgIpc) is 2.76. The Balaban J connectivity index is 0.00000162. The third kappa shape index (κ3) is 5.45. The van der Waals surface area contributed by atoms with E-state index in [1.54, 1.807) is 0 Å². The molecule has 2 rings (SSSR count). The van der Waals surface area contributed by atoms with Crippen LogP contribution in [0.3, 0.4) is 0 Å². The van der Waals surface area contributed by atoms with Crippen LogP contribution in [0.1, 0.15) is 31.4 Å². The molecule has 0 radical (unpaired) electrons. The summed E-state index contributed by atoms with van der Waals surface area (Å²) in [5, 5.41) is 0. The first-order chi connectivity index (χ1) is 8.31. The standard InChI is InChI=1S/C15H17O.2ClH.Ti/c1-2-16-15(12-13-8-6-7-9-13)14-10-4-3-5-11-14;;;/h3-6,8,10-11,15H,2,7,12H2,1H3;2*1H;/q;;;+2/p-2. The zero-order chi connectivity index (χ0) is 12.1. The van der Waals surface area contributed by atoms with Crippen molar-refractivity contribution < 1.29 is 50.0 Å². The molecule has 101 valence electrons. The molecule has 1 aromatic rings. The SMILES string of the molecule is CCOC(CC1=[C]([Ti+2])CC=C1)c1ccccc1.[Cl-].[Cl-]. The fraction of sp³-hybridized carbons (Fsp3) is 0.333. The summed E-state index contributed by atoms with van der Waals surface area (Å²) in [4.78, 5) is 0. The smallest absolute Gasteiger partial charge is 1.00 e. The van der Waals surface area contributed by atoms with Gasteiger partial charge < -0.3 is 24.8 Å². The van der Waals surface area contributed by atoms with Crippen LogP contribution in [-0.2, 0) is 25.2 Å². The van der Waals surface area contributed by atoms with Crippen molar-refractivity contribution in [1.82, 2.24) is 0 Å². The number of hydrogen-bond donors (Lipinski definition) is 0. The van der Waals surface area contributed by atoms with Crippen LogP contribution >= 0.6 is 0 Å². The van der Waals surface area contributed by atoms with Crippen LogP contribution in [-0.4, -0.2) is 6.61 Å². The van der Waals surface area contributed by atoms with Crippen LogP contribution in [0.15, 0.2) is 51.9 Å². The molecule has 0 fully saturated rings. The van der Waals surface area contributed by atoms with Crippen LogP contribution in [0.25, 0.3) is 0 Å². The molecular weight excluding hydrogens is 315 g/mol. The van der Waals surface area contributed by atoms with Gasteiger partial charge in [-0.1, -0.05) is 0 Å². The minimum atomic E-state index is 0. The van der Waals surface area contributed by atoms with E-state index in [4.69, 9.17) is 4.74 Å². The monoisotopic (exact) mass is 331 g/mol. The van der Waals surface area contributed by atoms with E-state index in [9.17, 15) is 0 Å². The molecule has 1 atom stereocenters. The number of benzene rings is 1. The molecule has 0 aromatic heterocycles. The molecule has 1 nitrogen and oxygen atoms in total. The number of hydrogen-bond acceptors (Lipinski definition) is 1. The van der Waals surface area contributed by atoms with Crippen molar-refractivity contribution in [3.05, 3.63) is 57.5 Å². The van der Waals surface area contributed by atoms with Gasteiger partial charge in [0.25, 0.3) is 0 Å². The Hall–Kier alpha value is -0.0457. The van der Waals surface area contributed by atoms with Gasteiger partial charge in [0.05, 0.1) is 0 Å². The fourth-order valence-electron chi connectivity index (χ4n) is 2.08. The summed E-state index contributed by atoms with van der Waals surface area (Å²) in [6.45, 7) is 2.82. The summed E-state index contributed by atoms with van der Waals surface area (Å²) >= 11 is 2.21. The topological polar surface area (TPSA) is 9.23 Å². The molecule has 0 spiro atoms. The normalized spacial score (nSPS) is 14.9. The Morgan fingerprint density at radius 1 is 1.21 bits per heavy atom. The maximum absolute atomic E-state index is 5.87. The van der Waals surface area contributed by atoms with Gasteiger partial charge in [-0.15, -0.1) is 0 Å². The van der Waals surface area contributed by atoms with E-state index in [1.165, 1.54) is 15.0 Å². The van der Waals surface area contributed by atoms with E-state index in [-0.39, 0.29) is 30.9 Å². The minimum absolute atomic E-state index is 0. The predicted octanol–water partition coefficient (Wildman–Crippen LogP) is -2.08. The maximum Gasteiger partial charge on any atom is -1.00 e. The second kappa shape index (κ2) is 9.79. The average molecular weight is 332 g/mol. The largest absolute Gasteiger partial charge is 1.00 e. The van der Waals surface area contributed by atoms with Crippen LogP contribution in [0.5, 0.6) is 0 Å². The molecule has 4 heteroatoms. The molecule has 0 saturated heterocycles. The Labute approximate surface area is 139 Å². The van der Waals surface area contributed by atoms with Crippen LogP contribution in [0.4, 0.5) is 0 Å². The molecule has 0 aliphatic heterocycles. The first kappa shape index (κ1) is 19.0. The second-order valence-corrected chi connectivity index (χ2v) is 5.11. The first-order valence-electron chi connectivity index (χ1n) is 6.08. The molecular formula is C15H17Cl2OTi. The third-order valence-electron chi connectivity index (χ3n) is 2.97. The molecule has 1 aromatic carbocycles. The van der Waals surface area contributed by atoms with E-state index in [0.29, 0.717) is 0 Å². The zero-order valence-corrected chi connectivity index (χ0v) is 14.0. The molecule has 19 heavy (non-hydrogen) atoms. The molecule has 1 unspecified atom stereocenters. The predicted molar refractivity (Wildman–Crippen MR) is 66.2 cm³/mol. The Morgan fingerprint density at radius 2 is 1.89 bits per heavy atom. The summed E-state index contributed by atoms with van der Waals surface area (Å²) in [6.07, 6.45) is 6.75. The van der Waals surface area contributed by atoms with E-state index < -0.39 is 0 Å². The summed E-state index contributed by atoms with van der Waals surface area (Å²) in [5.41, 5.74) is 2.71. The van der Waals surface area contributed by atoms with Gasteiger partial charge in [0.1, 0.15) is 0 Å². The molecule has 1 aliphatic carbocycles. The van der Waals surface area contributed by atoms with E-state index in [2.05, 4.69) is 63.8 Å². The van der Waals surface area contributed by atoms with Gasteiger partial charge in [-0.2, -0.15) is 0 Å². The molecule has 0 N–H and O–H groups in total. The zero-order valence-electron chi connectivity index (χ0n) is 10.9. The minimum Gasteiger partial charge on any atom is -1.00 e. The third-order valence-corrected chi connectivity index (χ3v) is 3.79. The second-order valence-electron chi connectivity index (χ2n) is 4.17. The van der Waals surface area contributed by atoms with Crippen molar-refractivity contribution in [2.24, 2.45) is 0 Å². The van der Waals surface area contributed by atoms with Crippen LogP contribution in [0, 0.1) is 0 Å². The van der Waals surface area contributed by atoms with Gasteiger partial charge in [0, 0.05) is 0 Å². The number of halogens is 2. The van der Waals surface area contributed by atoms with Crippen molar-refractivity contribution in [3.8, 4) is 0 Å². The maximum atomic E-state index is 5.87. The van der Waals surface area contributed by atoms with Crippen molar-refractivity contribution >= 4 is 0 Å². The Kier molecular flexibility index (Phi) is 9.77. The number of rotatable bonds is 5. The Morgan fingerprint density at radius 3 is 2.42 bits per heavy atom. The molecule has 0 bridgehead atoms. The van der Waals surface area contributed by atoms with Crippen molar-refractivity contribution in [3.63, 3.8) is 0 Å². The molecule has 0 saturated carbocycles. The molecule has 1 aliphatic rings. The van der Waals surface area contributed by atoms with Crippen molar-refractivity contribution in [2.75, 3.05) is 6.61 Å². The fourth-order valence-corrected chi connectivity index (χ4v) is 2.56. The summed E-state index contributed by atoms with van der Waals surface area (Å²) in [6, 6.07) is 10.5. The van der Waals surface area contributed by atoms with Gasteiger partial charge >= 0.3 is 115 Å². The molecule has 0 heterocycles. The van der Waals surface area contributed by atoms with Crippen molar-refractivity contribution in [1.29, 1.82) is 0 Å². The first-order valence-corrected chi connectivity index (χ1v) is 6.86. The van der Waals surface area contributed by atoms with Gasteiger partial charge in [-0.25, -0.2) is 0 Å². The van der Waals surface area contributed by atoms with Gasteiger partial charge in [0.15, 0.2) is 0 Å². The van der Waals surface area contributed by atoms with Gasteiger partial charge in [0.2, 0.25) is 0 Å². The number of ether oxygens (including phenoxy) is 1. The summed E-state index contributed by atoms with van der Waals surface area (Å²) < 4.78 is 7.35. The number of allylic oxidation sites excluding steroid dienone is 3. The summed E-state index contributed by atoms with van der Waals surface area (Å²) in [7, 11) is 0. The molecule has 0 amide bonds. The van der Waals surface area contributed by atoms with Crippen LogP contribution in [0.2, 0.25) is 0 Å². The Bertz CT molecular complexity index is 429. The van der Waals surface area contributed by atoms with Crippen LogP contribution < -0.4 is 24.8 Å². The summed E-state index contributed by atoms with van der Waals surface area (Å²) in [5.74, 6) is 0. The van der Waals surface area contributed by atoms with Crippen molar-refractivity contribution in [2.45, 2.75) is 25.9 Å². The van der Waals surface area contributed by atoms with Gasteiger partial charge in [-0.05, 0) is 0 Å². The van der Waals surface area contributed by atoms with Gasteiger partial charge in [-0.3, -0.25) is 0 Å². The van der Waals surface area contributed by atoms with E-state index in [1.807, 2.05) is 6.07 Å². The quantitative estimate of drug-likeness (QED) is 0.563. The van der Waals surface area contributed by atoms with E-state index >= 15 is 0 Å². The van der Waals surface area contributed by atoms with E-state index in [0.717, 1.165) is 19.4 Å².